The highest BCUT2D eigenvalue weighted by Gasteiger charge is 2.36. The third-order valence-electron chi connectivity index (χ3n) is 2.38. The van der Waals surface area contributed by atoms with E-state index in [0.29, 0.717) is 11.8 Å². The number of halogens is 2. The van der Waals surface area contributed by atoms with Crippen LogP contribution >= 0.6 is 24.2 Å². The summed E-state index contributed by atoms with van der Waals surface area (Å²) in [6.07, 6.45) is -0.512. The van der Waals surface area contributed by atoms with E-state index in [2.05, 4.69) is 5.32 Å². The van der Waals surface area contributed by atoms with E-state index >= 15 is 0 Å². The van der Waals surface area contributed by atoms with Gasteiger partial charge in [0.15, 0.2) is 0 Å². The van der Waals surface area contributed by atoms with Crippen molar-refractivity contribution in [3.8, 4) is 0 Å². The number of rotatable bonds is 0. The van der Waals surface area contributed by atoms with Crippen LogP contribution in [0.3, 0.4) is 0 Å². The van der Waals surface area contributed by atoms with Crippen LogP contribution in [0.15, 0.2) is 0 Å². The highest BCUT2D eigenvalue weighted by atomic mass is 35.5. The second-order valence-electron chi connectivity index (χ2n) is 3.16. The maximum Gasteiger partial charge on any atom is 0.110 e. The van der Waals surface area contributed by atoms with Crippen molar-refractivity contribution in [2.24, 2.45) is 11.8 Å². The molecule has 0 aromatic rings. The van der Waals surface area contributed by atoms with Crippen LogP contribution in [-0.2, 0) is 0 Å². The fourth-order valence-electron chi connectivity index (χ4n) is 1.74. The standard InChI is InChI=1S/C7H12FNS.ClH/c8-7-5-1-9-2-6(7)4-10-3-5;/h5-7,9H,1-4H2;1H. The lowest BCUT2D eigenvalue weighted by Gasteiger charge is -2.37. The minimum Gasteiger partial charge on any atom is -0.316 e. The second-order valence-corrected chi connectivity index (χ2v) is 4.24. The molecule has 0 saturated carbocycles. The van der Waals surface area contributed by atoms with Gasteiger partial charge in [-0.2, -0.15) is 11.8 Å². The Morgan fingerprint density at radius 2 is 1.73 bits per heavy atom. The van der Waals surface area contributed by atoms with E-state index < -0.39 is 6.17 Å². The Morgan fingerprint density at radius 3 is 2.18 bits per heavy atom. The van der Waals surface area contributed by atoms with Crippen LogP contribution in [0.2, 0.25) is 0 Å². The lowest BCUT2D eigenvalue weighted by Crippen LogP contribution is -2.49. The van der Waals surface area contributed by atoms with E-state index in [1.165, 1.54) is 0 Å². The average molecular weight is 198 g/mol. The smallest absolute Gasteiger partial charge is 0.110 e. The molecule has 0 radical (unpaired) electrons. The molecule has 2 fully saturated rings. The topological polar surface area (TPSA) is 12.0 Å². The first-order valence-corrected chi connectivity index (χ1v) is 4.96. The minimum atomic E-state index is -0.512. The van der Waals surface area contributed by atoms with Gasteiger partial charge in [-0.15, -0.1) is 12.4 Å². The molecule has 4 heteroatoms. The van der Waals surface area contributed by atoms with Crippen molar-refractivity contribution in [1.82, 2.24) is 5.32 Å². The van der Waals surface area contributed by atoms with Crippen molar-refractivity contribution in [1.29, 1.82) is 0 Å². The summed E-state index contributed by atoms with van der Waals surface area (Å²) in [7, 11) is 0. The number of fused-ring (bicyclic) bond motifs is 2. The lowest BCUT2D eigenvalue weighted by atomic mass is 9.90. The average Bonchev–Trinajstić information content (AvgIpc) is 1.86. The van der Waals surface area contributed by atoms with Gasteiger partial charge in [-0.05, 0) is 0 Å². The molecule has 2 aliphatic rings. The van der Waals surface area contributed by atoms with Gasteiger partial charge >= 0.3 is 0 Å². The Morgan fingerprint density at radius 1 is 1.18 bits per heavy atom. The van der Waals surface area contributed by atoms with Gasteiger partial charge in [0.2, 0.25) is 0 Å². The van der Waals surface area contributed by atoms with Crippen LogP contribution in [0.25, 0.3) is 0 Å². The number of hydrogen-bond acceptors (Lipinski definition) is 2. The van der Waals surface area contributed by atoms with E-state index in [1.54, 1.807) is 0 Å². The van der Waals surface area contributed by atoms with Gasteiger partial charge in [-0.25, -0.2) is 4.39 Å². The summed E-state index contributed by atoms with van der Waals surface area (Å²) in [6.45, 7) is 1.79. The summed E-state index contributed by atoms with van der Waals surface area (Å²) < 4.78 is 13.2. The highest BCUT2D eigenvalue weighted by Crippen LogP contribution is 2.32. The predicted octanol–water partition coefficient (Wildman–Crippen LogP) is 1.33. The predicted molar refractivity (Wildman–Crippen MR) is 49.3 cm³/mol. The molecule has 0 spiro atoms. The maximum atomic E-state index is 13.2. The van der Waals surface area contributed by atoms with Crippen LogP contribution in [0.4, 0.5) is 4.39 Å². The number of alkyl halides is 1. The second kappa shape index (κ2) is 3.97. The van der Waals surface area contributed by atoms with Gasteiger partial charge in [-0.1, -0.05) is 0 Å². The van der Waals surface area contributed by atoms with Crippen molar-refractivity contribution >= 4 is 24.2 Å². The van der Waals surface area contributed by atoms with E-state index in [1.807, 2.05) is 11.8 Å². The third-order valence-corrected chi connectivity index (χ3v) is 3.71. The molecule has 2 unspecified atom stereocenters. The molecule has 2 atom stereocenters. The molecule has 2 bridgehead atoms. The molecule has 0 aliphatic carbocycles. The minimum absolute atomic E-state index is 0. The molecule has 0 aromatic heterocycles. The van der Waals surface area contributed by atoms with Gasteiger partial charge in [0.1, 0.15) is 6.17 Å². The first-order chi connectivity index (χ1) is 4.88. The van der Waals surface area contributed by atoms with E-state index in [4.69, 9.17) is 0 Å². The van der Waals surface area contributed by atoms with Gasteiger partial charge < -0.3 is 5.32 Å². The Balaban J connectivity index is 0.000000605. The van der Waals surface area contributed by atoms with E-state index in [0.717, 1.165) is 24.6 Å². The van der Waals surface area contributed by atoms with Crippen LogP contribution < -0.4 is 5.32 Å². The molecule has 2 heterocycles. The summed E-state index contributed by atoms with van der Waals surface area (Å²) in [5.74, 6) is 2.64. The molecular weight excluding hydrogens is 185 g/mol. The molecule has 0 amide bonds. The molecular formula is C7H13ClFNS. The molecule has 11 heavy (non-hydrogen) atoms. The Bertz CT molecular complexity index is 114. The third kappa shape index (κ3) is 1.82. The Kier molecular flexibility index (Phi) is 3.47. The molecule has 0 aromatic carbocycles. The zero-order valence-corrected chi connectivity index (χ0v) is 7.89. The van der Waals surface area contributed by atoms with Gasteiger partial charge in [-0.3, -0.25) is 0 Å². The van der Waals surface area contributed by atoms with Gasteiger partial charge in [0.05, 0.1) is 0 Å². The van der Waals surface area contributed by atoms with Crippen LogP contribution in [0.5, 0.6) is 0 Å². The summed E-state index contributed by atoms with van der Waals surface area (Å²) in [5, 5.41) is 3.26. The van der Waals surface area contributed by atoms with Gasteiger partial charge in [0, 0.05) is 36.4 Å². The number of nitrogens with one attached hydrogen (secondary N) is 1. The Hall–Kier alpha value is 0.530. The van der Waals surface area contributed by atoms with Crippen LogP contribution in [0, 0.1) is 11.8 Å². The van der Waals surface area contributed by atoms with Crippen molar-refractivity contribution in [2.45, 2.75) is 6.17 Å². The molecule has 2 aliphatic heterocycles. The van der Waals surface area contributed by atoms with Crippen molar-refractivity contribution < 1.29 is 4.39 Å². The summed E-state index contributed by atoms with van der Waals surface area (Å²) >= 11 is 1.91. The van der Waals surface area contributed by atoms with Crippen molar-refractivity contribution in [3.05, 3.63) is 0 Å². The highest BCUT2D eigenvalue weighted by molar-refractivity contribution is 7.99. The molecule has 2 saturated heterocycles. The van der Waals surface area contributed by atoms with Crippen molar-refractivity contribution in [3.63, 3.8) is 0 Å². The van der Waals surface area contributed by atoms with Crippen molar-refractivity contribution in [2.75, 3.05) is 24.6 Å². The fraction of sp³-hybridized carbons (Fsp3) is 1.00. The Labute approximate surface area is 76.9 Å². The SMILES string of the molecule is Cl.FC1C2CNCC1CSC2. The van der Waals surface area contributed by atoms with E-state index in [-0.39, 0.29) is 12.4 Å². The maximum absolute atomic E-state index is 13.2. The monoisotopic (exact) mass is 197 g/mol. The van der Waals surface area contributed by atoms with Gasteiger partial charge in [0.25, 0.3) is 0 Å². The summed E-state index contributed by atoms with van der Waals surface area (Å²) in [5.41, 5.74) is 0. The number of piperidine rings is 1. The molecule has 1 nitrogen and oxygen atoms in total. The zero-order chi connectivity index (χ0) is 6.97. The normalized spacial score (nSPS) is 42.8. The van der Waals surface area contributed by atoms with Crippen LogP contribution in [-0.4, -0.2) is 30.8 Å². The largest absolute Gasteiger partial charge is 0.316 e. The lowest BCUT2D eigenvalue weighted by molar-refractivity contribution is 0.132. The molecule has 66 valence electrons. The van der Waals surface area contributed by atoms with Crippen LogP contribution in [0.1, 0.15) is 0 Å². The first-order valence-electron chi connectivity index (χ1n) is 3.80. The first kappa shape index (κ1) is 9.62. The zero-order valence-electron chi connectivity index (χ0n) is 6.25. The number of hydrogen-bond donors (Lipinski definition) is 1. The fourth-order valence-corrected chi connectivity index (χ4v) is 3.08. The number of thioether (sulfide) groups is 1. The molecule has 2 rings (SSSR count). The molecule has 1 N–H and O–H groups in total. The summed E-state index contributed by atoms with van der Waals surface area (Å²) in [4.78, 5) is 0. The summed E-state index contributed by atoms with van der Waals surface area (Å²) in [6, 6.07) is 0. The quantitative estimate of drug-likeness (QED) is 0.629. The van der Waals surface area contributed by atoms with E-state index in [9.17, 15) is 4.39 Å².